The zero-order valence-electron chi connectivity index (χ0n) is 13.1. The first-order chi connectivity index (χ1) is 11.0. The van der Waals surface area contributed by atoms with Crippen molar-refractivity contribution in [1.29, 1.82) is 0 Å². The Morgan fingerprint density at radius 3 is 2.87 bits per heavy atom. The van der Waals surface area contributed by atoms with Gasteiger partial charge in [-0.05, 0) is 36.7 Å². The highest BCUT2D eigenvalue weighted by molar-refractivity contribution is 9.10. The van der Waals surface area contributed by atoms with Gasteiger partial charge in [-0.2, -0.15) is 10.2 Å². The number of aromatic nitrogens is 5. The quantitative estimate of drug-likeness (QED) is 0.758. The van der Waals surface area contributed by atoms with E-state index in [9.17, 15) is 4.79 Å². The third-order valence-electron chi connectivity index (χ3n) is 3.64. The maximum atomic E-state index is 12.4. The van der Waals surface area contributed by atoms with Crippen LogP contribution in [0.5, 0.6) is 0 Å². The summed E-state index contributed by atoms with van der Waals surface area (Å²) in [5.41, 5.74) is 2.88. The molecule has 1 N–H and O–H groups in total. The van der Waals surface area contributed by atoms with E-state index in [-0.39, 0.29) is 11.9 Å². The van der Waals surface area contributed by atoms with Crippen LogP contribution in [0.2, 0.25) is 0 Å². The molecule has 0 fully saturated rings. The van der Waals surface area contributed by atoms with E-state index in [2.05, 4.69) is 36.4 Å². The number of nitrogens with zero attached hydrogens (tertiary/aromatic N) is 5. The zero-order valence-corrected chi connectivity index (χ0v) is 14.7. The van der Waals surface area contributed by atoms with E-state index < -0.39 is 0 Å². The standard InChI is InChI=1S/C15H17BrN6O/c1-4-21-8-12(10(3)19-21)9(2)18-15(23)13-5-14-17-6-11(16)7-22(14)20-13/h5-9H,4H2,1-3H3,(H,18,23). The molecule has 120 valence electrons. The summed E-state index contributed by atoms with van der Waals surface area (Å²) in [7, 11) is 0. The van der Waals surface area contributed by atoms with Crippen LogP contribution in [0.1, 0.15) is 41.6 Å². The predicted molar refractivity (Wildman–Crippen MR) is 89.2 cm³/mol. The summed E-state index contributed by atoms with van der Waals surface area (Å²) in [5.74, 6) is -0.234. The van der Waals surface area contributed by atoms with E-state index >= 15 is 0 Å². The van der Waals surface area contributed by atoms with E-state index in [1.165, 1.54) is 0 Å². The summed E-state index contributed by atoms with van der Waals surface area (Å²) in [6.45, 7) is 6.71. The van der Waals surface area contributed by atoms with E-state index in [1.807, 2.05) is 31.6 Å². The van der Waals surface area contributed by atoms with Gasteiger partial charge in [0, 0.05) is 36.8 Å². The highest BCUT2D eigenvalue weighted by Crippen LogP contribution is 2.17. The van der Waals surface area contributed by atoms with Gasteiger partial charge in [0.05, 0.1) is 16.2 Å². The Kier molecular flexibility index (Phi) is 4.16. The number of rotatable bonds is 4. The first-order valence-electron chi connectivity index (χ1n) is 7.33. The second-order valence-corrected chi connectivity index (χ2v) is 6.24. The van der Waals surface area contributed by atoms with Crippen LogP contribution in [-0.4, -0.2) is 30.3 Å². The van der Waals surface area contributed by atoms with E-state index in [4.69, 9.17) is 0 Å². The number of hydrogen-bond acceptors (Lipinski definition) is 4. The topological polar surface area (TPSA) is 77.1 Å². The Morgan fingerprint density at radius 1 is 1.39 bits per heavy atom. The van der Waals surface area contributed by atoms with E-state index in [0.717, 1.165) is 22.3 Å². The molecule has 0 bridgehead atoms. The second-order valence-electron chi connectivity index (χ2n) is 5.33. The van der Waals surface area contributed by atoms with Crippen LogP contribution in [0.4, 0.5) is 0 Å². The van der Waals surface area contributed by atoms with Gasteiger partial charge in [-0.25, -0.2) is 9.50 Å². The van der Waals surface area contributed by atoms with Crippen molar-refractivity contribution < 1.29 is 4.79 Å². The zero-order chi connectivity index (χ0) is 16.6. The van der Waals surface area contributed by atoms with Gasteiger partial charge in [0.2, 0.25) is 0 Å². The molecule has 0 aromatic carbocycles. The van der Waals surface area contributed by atoms with Crippen LogP contribution in [0, 0.1) is 6.92 Å². The number of carbonyl (C=O) groups excluding carboxylic acids is 1. The van der Waals surface area contributed by atoms with E-state index in [0.29, 0.717) is 11.3 Å². The Balaban J connectivity index is 1.80. The molecule has 0 spiro atoms. The molecule has 1 atom stereocenters. The molecule has 3 aromatic heterocycles. The van der Waals surface area contributed by atoms with Crippen molar-refractivity contribution in [2.75, 3.05) is 0 Å². The molecule has 3 aromatic rings. The number of aryl methyl sites for hydroxylation is 2. The highest BCUT2D eigenvalue weighted by atomic mass is 79.9. The molecule has 23 heavy (non-hydrogen) atoms. The lowest BCUT2D eigenvalue weighted by atomic mass is 10.1. The maximum absolute atomic E-state index is 12.4. The molecular formula is C15H17BrN6O. The van der Waals surface area contributed by atoms with Gasteiger partial charge in [0.25, 0.3) is 5.91 Å². The fourth-order valence-corrected chi connectivity index (χ4v) is 2.73. The summed E-state index contributed by atoms with van der Waals surface area (Å²) < 4.78 is 4.24. The fourth-order valence-electron chi connectivity index (χ4n) is 2.43. The lowest BCUT2D eigenvalue weighted by Gasteiger charge is -2.11. The van der Waals surface area contributed by atoms with Crippen LogP contribution >= 0.6 is 15.9 Å². The second kappa shape index (κ2) is 6.11. The largest absolute Gasteiger partial charge is 0.344 e. The molecule has 8 heteroatoms. The lowest BCUT2D eigenvalue weighted by Crippen LogP contribution is -2.27. The minimum Gasteiger partial charge on any atom is -0.344 e. The maximum Gasteiger partial charge on any atom is 0.272 e. The molecule has 0 saturated heterocycles. The molecule has 0 aliphatic carbocycles. The van der Waals surface area contributed by atoms with Crippen LogP contribution in [0.25, 0.3) is 5.65 Å². The summed E-state index contributed by atoms with van der Waals surface area (Å²) in [5, 5.41) is 11.6. The number of halogens is 1. The minimum atomic E-state index is -0.234. The number of fused-ring (bicyclic) bond motifs is 1. The van der Waals surface area contributed by atoms with Crippen LogP contribution in [0.15, 0.2) is 29.1 Å². The Hall–Kier alpha value is -2.22. The van der Waals surface area contributed by atoms with Crippen molar-refractivity contribution >= 4 is 27.5 Å². The third-order valence-corrected chi connectivity index (χ3v) is 4.05. The number of carbonyl (C=O) groups is 1. The number of hydrogen-bond donors (Lipinski definition) is 1. The first-order valence-corrected chi connectivity index (χ1v) is 8.13. The van der Waals surface area contributed by atoms with Gasteiger partial charge < -0.3 is 5.32 Å². The molecule has 7 nitrogen and oxygen atoms in total. The van der Waals surface area contributed by atoms with Crippen molar-refractivity contribution in [2.45, 2.75) is 33.4 Å². The SMILES string of the molecule is CCn1cc(C(C)NC(=O)c2cc3ncc(Br)cn3n2)c(C)n1. The Bertz CT molecular complexity index is 868. The summed E-state index contributed by atoms with van der Waals surface area (Å²) >= 11 is 3.33. The minimum absolute atomic E-state index is 0.146. The average molecular weight is 377 g/mol. The first kappa shape index (κ1) is 15.7. The van der Waals surface area contributed by atoms with E-state index in [1.54, 1.807) is 23.0 Å². The monoisotopic (exact) mass is 376 g/mol. The van der Waals surface area contributed by atoms with Gasteiger partial charge in [0.1, 0.15) is 0 Å². The van der Waals surface area contributed by atoms with Gasteiger partial charge in [-0.15, -0.1) is 0 Å². The third kappa shape index (κ3) is 3.12. The molecule has 0 saturated carbocycles. The van der Waals surface area contributed by atoms with Gasteiger partial charge >= 0.3 is 0 Å². The average Bonchev–Trinajstić information content (AvgIpc) is 3.09. The van der Waals surface area contributed by atoms with Gasteiger partial charge in [-0.3, -0.25) is 9.48 Å². The van der Waals surface area contributed by atoms with Crippen molar-refractivity contribution in [3.05, 3.63) is 46.1 Å². The molecule has 0 aliphatic rings. The van der Waals surface area contributed by atoms with Crippen molar-refractivity contribution in [3.63, 3.8) is 0 Å². The van der Waals surface area contributed by atoms with Crippen molar-refractivity contribution in [2.24, 2.45) is 0 Å². The van der Waals surface area contributed by atoms with Gasteiger partial charge in [-0.1, -0.05) is 0 Å². The van der Waals surface area contributed by atoms with Gasteiger partial charge in [0.15, 0.2) is 11.3 Å². The van der Waals surface area contributed by atoms with Crippen LogP contribution in [-0.2, 0) is 6.54 Å². The van der Waals surface area contributed by atoms with Crippen molar-refractivity contribution in [3.8, 4) is 0 Å². The molecule has 0 aliphatic heterocycles. The van der Waals surface area contributed by atoms with Crippen molar-refractivity contribution in [1.82, 2.24) is 29.7 Å². The predicted octanol–water partition coefficient (Wildman–Crippen LogP) is 2.51. The Labute approximate surface area is 141 Å². The molecular weight excluding hydrogens is 360 g/mol. The highest BCUT2D eigenvalue weighted by Gasteiger charge is 2.18. The van der Waals surface area contributed by atoms with Crippen LogP contribution in [0.3, 0.4) is 0 Å². The number of amides is 1. The summed E-state index contributed by atoms with van der Waals surface area (Å²) in [6.07, 6.45) is 5.39. The molecule has 3 rings (SSSR count). The smallest absolute Gasteiger partial charge is 0.272 e. The lowest BCUT2D eigenvalue weighted by molar-refractivity contribution is 0.0934. The summed E-state index contributed by atoms with van der Waals surface area (Å²) in [6, 6.07) is 1.52. The number of nitrogens with one attached hydrogen (secondary N) is 1. The Morgan fingerprint density at radius 2 is 2.17 bits per heavy atom. The molecule has 1 unspecified atom stereocenters. The molecule has 3 heterocycles. The molecule has 1 amide bonds. The normalized spacial score (nSPS) is 12.5. The molecule has 0 radical (unpaired) electrons. The summed E-state index contributed by atoms with van der Waals surface area (Å²) in [4.78, 5) is 16.6. The van der Waals surface area contributed by atoms with Crippen LogP contribution < -0.4 is 5.32 Å². The fraction of sp³-hybridized carbons (Fsp3) is 0.333.